The van der Waals surface area contributed by atoms with E-state index in [1.165, 1.54) is 6.92 Å². The van der Waals surface area contributed by atoms with Crippen LogP contribution in [0.3, 0.4) is 0 Å². The first-order chi connectivity index (χ1) is 12.6. The lowest BCUT2D eigenvalue weighted by Crippen LogP contribution is -2.04. The summed E-state index contributed by atoms with van der Waals surface area (Å²) in [4.78, 5) is 24.2. The quantitative estimate of drug-likeness (QED) is 0.337. The van der Waals surface area contributed by atoms with Gasteiger partial charge in [-0.15, -0.1) is 0 Å². The number of fused-ring (bicyclic) bond motifs is 6. The predicted molar refractivity (Wildman–Crippen MR) is 99.8 cm³/mol. The van der Waals surface area contributed by atoms with Crippen LogP contribution in [-0.2, 0) is 4.79 Å². The number of esters is 1. The molecule has 126 valence electrons. The van der Waals surface area contributed by atoms with E-state index < -0.39 is 5.97 Å². The number of hydrogen-bond donors (Lipinski definition) is 0. The second-order valence-electron chi connectivity index (χ2n) is 6.20. The molecule has 0 saturated carbocycles. The van der Waals surface area contributed by atoms with Crippen LogP contribution in [0.2, 0.25) is 0 Å². The van der Waals surface area contributed by atoms with E-state index in [-0.39, 0.29) is 5.43 Å². The molecule has 0 bridgehead atoms. The standard InChI is InChI=1S/C21H13NO4/c1-12(23)25-14-7-8-15-18(10-14)26-19-11-22-16-5-3-2-4-13(16)6-9-17(22)20(19)21(15)24/h2-11H,1H3. The van der Waals surface area contributed by atoms with Gasteiger partial charge in [0.15, 0.2) is 5.58 Å². The molecule has 2 aromatic carbocycles. The maximum atomic E-state index is 13.1. The van der Waals surface area contributed by atoms with Crippen molar-refractivity contribution >= 4 is 44.3 Å². The third-order valence-corrected chi connectivity index (χ3v) is 4.53. The molecule has 3 heterocycles. The van der Waals surface area contributed by atoms with Gasteiger partial charge in [-0.25, -0.2) is 0 Å². The van der Waals surface area contributed by atoms with E-state index >= 15 is 0 Å². The normalized spacial score (nSPS) is 11.6. The molecule has 5 rings (SSSR count). The van der Waals surface area contributed by atoms with Gasteiger partial charge in [-0.2, -0.15) is 0 Å². The molecule has 5 heteroatoms. The zero-order chi connectivity index (χ0) is 17.8. The molecule has 26 heavy (non-hydrogen) atoms. The molecule has 0 N–H and O–H groups in total. The average Bonchev–Trinajstić information content (AvgIpc) is 3.00. The smallest absolute Gasteiger partial charge is 0.308 e. The molecule has 0 aliphatic carbocycles. The fourth-order valence-corrected chi connectivity index (χ4v) is 3.44. The molecule has 0 saturated heterocycles. The minimum atomic E-state index is -0.422. The second kappa shape index (κ2) is 5.20. The topological polar surface area (TPSA) is 60.9 Å². The van der Waals surface area contributed by atoms with E-state index in [0.717, 1.165) is 16.4 Å². The first kappa shape index (κ1) is 14.7. The predicted octanol–water partition coefficient (Wildman–Crippen LogP) is 4.28. The van der Waals surface area contributed by atoms with E-state index in [1.54, 1.807) is 18.2 Å². The summed E-state index contributed by atoms with van der Waals surface area (Å²) in [7, 11) is 0. The Morgan fingerprint density at radius 3 is 2.69 bits per heavy atom. The van der Waals surface area contributed by atoms with Crippen molar-refractivity contribution in [2.24, 2.45) is 0 Å². The zero-order valence-electron chi connectivity index (χ0n) is 13.9. The highest BCUT2D eigenvalue weighted by Crippen LogP contribution is 2.28. The molecule has 0 amide bonds. The lowest BCUT2D eigenvalue weighted by molar-refractivity contribution is -0.131. The molecular weight excluding hydrogens is 330 g/mol. The highest BCUT2D eigenvalue weighted by molar-refractivity contribution is 6.02. The summed E-state index contributed by atoms with van der Waals surface area (Å²) >= 11 is 0. The molecule has 5 aromatic rings. The Labute approximate surface area is 147 Å². The summed E-state index contributed by atoms with van der Waals surface area (Å²) in [5, 5.41) is 2.08. The van der Waals surface area contributed by atoms with Crippen LogP contribution in [0.4, 0.5) is 0 Å². The van der Waals surface area contributed by atoms with Gasteiger partial charge in [0.05, 0.1) is 28.0 Å². The highest BCUT2D eigenvalue weighted by Gasteiger charge is 2.15. The Hall–Kier alpha value is -3.60. The van der Waals surface area contributed by atoms with Crippen LogP contribution in [0.1, 0.15) is 6.92 Å². The van der Waals surface area contributed by atoms with Gasteiger partial charge in [0.1, 0.15) is 11.3 Å². The monoisotopic (exact) mass is 343 g/mol. The van der Waals surface area contributed by atoms with Crippen LogP contribution in [0.25, 0.3) is 38.4 Å². The molecule has 0 atom stereocenters. The number of benzene rings is 2. The van der Waals surface area contributed by atoms with Crippen molar-refractivity contribution in [3.63, 3.8) is 0 Å². The van der Waals surface area contributed by atoms with Crippen molar-refractivity contribution in [2.75, 3.05) is 0 Å². The second-order valence-corrected chi connectivity index (χ2v) is 6.20. The Kier molecular flexibility index (Phi) is 2.94. The van der Waals surface area contributed by atoms with E-state index in [9.17, 15) is 9.59 Å². The van der Waals surface area contributed by atoms with E-state index in [4.69, 9.17) is 9.15 Å². The first-order valence-electron chi connectivity index (χ1n) is 8.19. The number of rotatable bonds is 1. The van der Waals surface area contributed by atoms with Crippen LogP contribution >= 0.6 is 0 Å². The van der Waals surface area contributed by atoms with Gasteiger partial charge < -0.3 is 13.6 Å². The molecule has 0 unspecified atom stereocenters. The van der Waals surface area contributed by atoms with Gasteiger partial charge in [-0.1, -0.05) is 24.3 Å². The van der Waals surface area contributed by atoms with E-state index in [2.05, 4.69) is 0 Å². The Morgan fingerprint density at radius 1 is 1.00 bits per heavy atom. The van der Waals surface area contributed by atoms with Gasteiger partial charge in [0.2, 0.25) is 5.43 Å². The highest BCUT2D eigenvalue weighted by atomic mass is 16.5. The maximum absolute atomic E-state index is 13.1. The number of ether oxygens (including phenoxy) is 1. The SMILES string of the molecule is CC(=O)Oc1ccc2c(=O)c3c(cn4c5ccccc5ccc34)oc2c1. The molecule has 0 aliphatic heterocycles. The number of carbonyl (C=O) groups excluding carboxylic acids is 1. The van der Waals surface area contributed by atoms with Crippen LogP contribution in [-0.4, -0.2) is 10.4 Å². The summed E-state index contributed by atoms with van der Waals surface area (Å²) in [5.41, 5.74) is 2.59. The lowest BCUT2D eigenvalue weighted by Gasteiger charge is -2.03. The Balaban J connectivity index is 1.90. The Bertz CT molecular complexity index is 1410. The molecule has 5 nitrogen and oxygen atoms in total. The van der Waals surface area contributed by atoms with Crippen LogP contribution < -0.4 is 10.2 Å². The third kappa shape index (κ3) is 2.04. The number of carbonyl (C=O) groups is 1. The number of aromatic nitrogens is 1. The zero-order valence-corrected chi connectivity index (χ0v) is 13.9. The fraction of sp³-hybridized carbons (Fsp3) is 0.0476. The number of nitrogens with zero attached hydrogens (tertiary/aromatic N) is 1. The number of para-hydroxylation sites is 1. The van der Waals surface area contributed by atoms with Crippen molar-refractivity contribution in [1.82, 2.24) is 4.40 Å². The van der Waals surface area contributed by atoms with Gasteiger partial charge >= 0.3 is 5.97 Å². The third-order valence-electron chi connectivity index (χ3n) is 4.53. The van der Waals surface area contributed by atoms with Crippen LogP contribution in [0, 0.1) is 0 Å². The van der Waals surface area contributed by atoms with Crippen molar-refractivity contribution in [3.8, 4) is 5.75 Å². The van der Waals surface area contributed by atoms with Crippen molar-refractivity contribution in [1.29, 1.82) is 0 Å². The van der Waals surface area contributed by atoms with E-state index in [0.29, 0.717) is 27.7 Å². The first-order valence-corrected chi connectivity index (χ1v) is 8.19. The summed E-state index contributed by atoms with van der Waals surface area (Å²) in [6.07, 6.45) is 1.83. The van der Waals surface area contributed by atoms with Crippen molar-refractivity contribution in [2.45, 2.75) is 6.92 Å². The minimum absolute atomic E-state index is 0.103. The average molecular weight is 343 g/mol. The summed E-state index contributed by atoms with van der Waals surface area (Å²) in [6, 6.07) is 16.7. The maximum Gasteiger partial charge on any atom is 0.308 e. The largest absolute Gasteiger partial charge is 0.454 e. The molecule has 0 aliphatic rings. The molecule has 0 radical (unpaired) electrons. The fourth-order valence-electron chi connectivity index (χ4n) is 3.44. The van der Waals surface area contributed by atoms with Gasteiger partial charge in [-0.3, -0.25) is 9.59 Å². The van der Waals surface area contributed by atoms with Crippen molar-refractivity contribution in [3.05, 3.63) is 71.0 Å². The Morgan fingerprint density at radius 2 is 1.85 bits per heavy atom. The number of pyridine rings is 1. The molecule has 0 spiro atoms. The molecule has 3 aromatic heterocycles. The van der Waals surface area contributed by atoms with Crippen LogP contribution in [0.15, 0.2) is 70.0 Å². The van der Waals surface area contributed by atoms with Crippen molar-refractivity contribution < 1.29 is 13.9 Å². The van der Waals surface area contributed by atoms with Gasteiger partial charge in [0, 0.05) is 13.0 Å². The van der Waals surface area contributed by atoms with Crippen LogP contribution in [0.5, 0.6) is 5.75 Å². The molecular formula is C21H13NO4. The minimum Gasteiger partial charge on any atom is -0.454 e. The number of hydrogen-bond acceptors (Lipinski definition) is 4. The summed E-state index contributed by atoms with van der Waals surface area (Å²) in [6.45, 7) is 1.33. The molecule has 0 fully saturated rings. The van der Waals surface area contributed by atoms with Gasteiger partial charge in [0.25, 0.3) is 0 Å². The summed E-state index contributed by atoms with van der Waals surface area (Å²) in [5.74, 6) is -0.0736. The van der Waals surface area contributed by atoms with E-state index in [1.807, 2.05) is 47.0 Å². The summed E-state index contributed by atoms with van der Waals surface area (Å²) < 4.78 is 13.0. The lowest BCUT2D eigenvalue weighted by atomic mass is 10.1. The van der Waals surface area contributed by atoms with Gasteiger partial charge in [-0.05, 0) is 29.7 Å².